The molecule has 170 valence electrons. The summed E-state index contributed by atoms with van der Waals surface area (Å²) in [6.07, 6.45) is 1.68. The van der Waals surface area contributed by atoms with Gasteiger partial charge in [0.25, 0.3) is 5.69 Å². The summed E-state index contributed by atoms with van der Waals surface area (Å²) >= 11 is 0. The predicted octanol–water partition coefficient (Wildman–Crippen LogP) is 6.29. The van der Waals surface area contributed by atoms with E-state index in [0.29, 0.717) is 33.7 Å². The topological polar surface area (TPSA) is 87.3 Å². The molecule has 0 atom stereocenters. The number of benzene rings is 4. The molecule has 0 bridgehead atoms. The predicted molar refractivity (Wildman–Crippen MR) is 134 cm³/mol. The molecule has 0 saturated carbocycles. The summed E-state index contributed by atoms with van der Waals surface area (Å²) < 4.78 is 7.71. The van der Waals surface area contributed by atoms with Crippen LogP contribution in [-0.4, -0.2) is 20.4 Å². The van der Waals surface area contributed by atoms with Crippen LogP contribution in [0.15, 0.2) is 109 Å². The number of nitro benzene ring substituents is 1. The summed E-state index contributed by atoms with van der Waals surface area (Å²) in [5, 5.41) is 11.3. The van der Waals surface area contributed by atoms with E-state index in [9.17, 15) is 14.9 Å². The Morgan fingerprint density at radius 3 is 2.06 bits per heavy atom. The molecule has 0 saturated heterocycles. The van der Waals surface area contributed by atoms with Gasteiger partial charge in [0.1, 0.15) is 11.6 Å². The molecule has 7 heteroatoms. The van der Waals surface area contributed by atoms with Crippen molar-refractivity contribution in [1.82, 2.24) is 9.55 Å². The highest BCUT2D eigenvalue weighted by Gasteiger charge is 2.18. The van der Waals surface area contributed by atoms with Gasteiger partial charge in [0.2, 0.25) is 0 Å². The number of carbonyl (C=O) groups excluding carboxylic acids is 1. The molecule has 0 spiro atoms. The molecule has 0 aliphatic heterocycles. The Morgan fingerprint density at radius 1 is 0.829 bits per heavy atom. The monoisotopic (exact) mass is 461 g/mol. The number of aromatic nitrogens is 2. The van der Waals surface area contributed by atoms with Crippen molar-refractivity contribution in [3.8, 4) is 5.69 Å². The van der Waals surface area contributed by atoms with Gasteiger partial charge >= 0.3 is 5.97 Å². The average molecular weight is 461 g/mol. The fourth-order valence-corrected chi connectivity index (χ4v) is 3.77. The van der Waals surface area contributed by atoms with Crippen LogP contribution < -0.4 is 0 Å². The molecule has 0 unspecified atom stereocenters. The summed E-state index contributed by atoms with van der Waals surface area (Å²) in [5.74, 6) is 0.270. The minimum Gasteiger partial charge on any atom is -0.422 e. The molecule has 0 aliphatic carbocycles. The first kappa shape index (κ1) is 21.8. The number of nitrogens with zero attached hydrogens (tertiary/aromatic N) is 3. The first-order valence-electron chi connectivity index (χ1n) is 10.9. The van der Waals surface area contributed by atoms with Crippen LogP contribution >= 0.6 is 0 Å². The second-order valence-corrected chi connectivity index (χ2v) is 7.70. The van der Waals surface area contributed by atoms with Crippen LogP contribution in [0.5, 0.6) is 0 Å². The van der Waals surface area contributed by atoms with E-state index >= 15 is 0 Å². The Balaban J connectivity index is 1.69. The van der Waals surface area contributed by atoms with Crippen molar-refractivity contribution in [2.24, 2.45) is 0 Å². The zero-order chi connectivity index (χ0) is 24.2. The van der Waals surface area contributed by atoms with Gasteiger partial charge in [-0.25, -0.2) is 9.78 Å². The number of fused-ring (bicyclic) bond motifs is 1. The van der Waals surface area contributed by atoms with Gasteiger partial charge in [0.15, 0.2) is 0 Å². The Labute approximate surface area is 200 Å². The largest absolute Gasteiger partial charge is 0.422 e. The molecule has 0 N–H and O–H groups in total. The summed E-state index contributed by atoms with van der Waals surface area (Å²) in [4.78, 5) is 28.4. The quantitative estimate of drug-likeness (QED) is 0.128. The normalized spacial score (nSPS) is 11.4. The third-order valence-electron chi connectivity index (χ3n) is 5.42. The van der Waals surface area contributed by atoms with Crippen molar-refractivity contribution < 1.29 is 14.5 Å². The smallest absolute Gasteiger partial charge is 0.343 e. The van der Waals surface area contributed by atoms with Crippen LogP contribution in [-0.2, 0) is 4.74 Å². The molecule has 0 aliphatic rings. The van der Waals surface area contributed by atoms with E-state index in [2.05, 4.69) is 4.98 Å². The SMILES string of the molecule is O=C(OC(=Cc1nc2cc([N+](=O)[O-])ccc2n1-c1ccccc1)c1ccccc1)c1ccccc1. The minimum atomic E-state index is -0.501. The molecule has 1 aromatic heterocycles. The van der Waals surface area contributed by atoms with Crippen molar-refractivity contribution in [3.05, 3.63) is 136 Å². The van der Waals surface area contributed by atoms with Crippen LogP contribution in [0.4, 0.5) is 5.69 Å². The van der Waals surface area contributed by atoms with Crippen LogP contribution in [0, 0.1) is 10.1 Å². The maximum Gasteiger partial charge on any atom is 0.343 e. The highest BCUT2D eigenvalue weighted by atomic mass is 16.6. The van der Waals surface area contributed by atoms with Crippen LogP contribution in [0.25, 0.3) is 28.6 Å². The van der Waals surface area contributed by atoms with Gasteiger partial charge in [-0.3, -0.25) is 14.7 Å². The summed E-state index contributed by atoms with van der Waals surface area (Å²) in [6, 6.07) is 32.1. The van der Waals surface area contributed by atoms with Gasteiger partial charge in [-0.15, -0.1) is 0 Å². The lowest BCUT2D eigenvalue weighted by Gasteiger charge is -2.11. The molecule has 0 fully saturated rings. The standard InChI is InChI=1S/C28H19N3O4/c32-28(21-12-6-2-7-13-21)35-26(20-10-4-1-5-11-20)19-27-29-24-18-23(31(33)34)16-17-25(24)30(27)22-14-8-3-9-15-22/h1-19H. The Hall–Kier alpha value is -5.04. The van der Waals surface area contributed by atoms with Gasteiger partial charge in [0.05, 0.1) is 21.5 Å². The number of hydrogen-bond acceptors (Lipinski definition) is 5. The van der Waals surface area contributed by atoms with Crippen molar-refractivity contribution in [2.45, 2.75) is 0 Å². The zero-order valence-electron chi connectivity index (χ0n) is 18.4. The molecule has 5 aromatic rings. The van der Waals surface area contributed by atoms with Crippen molar-refractivity contribution >= 4 is 34.5 Å². The lowest BCUT2D eigenvalue weighted by atomic mass is 10.1. The molecule has 5 rings (SSSR count). The summed E-state index contributed by atoms with van der Waals surface area (Å²) in [7, 11) is 0. The highest BCUT2D eigenvalue weighted by molar-refractivity contribution is 5.95. The Kier molecular flexibility index (Phi) is 5.88. The van der Waals surface area contributed by atoms with Gasteiger partial charge in [-0.05, 0) is 30.3 Å². The van der Waals surface area contributed by atoms with Gasteiger partial charge in [0, 0.05) is 29.5 Å². The number of non-ortho nitro benzene ring substituents is 1. The highest BCUT2D eigenvalue weighted by Crippen LogP contribution is 2.28. The lowest BCUT2D eigenvalue weighted by Crippen LogP contribution is -2.05. The van der Waals surface area contributed by atoms with Gasteiger partial charge in [-0.2, -0.15) is 0 Å². The zero-order valence-corrected chi connectivity index (χ0v) is 18.4. The van der Waals surface area contributed by atoms with E-state index < -0.39 is 10.9 Å². The first-order valence-corrected chi connectivity index (χ1v) is 10.9. The fraction of sp³-hybridized carbons (Fsp3) is 0. The van der Waals surface area contributed by atoms with E-state index in [1.165, 1.54) is 12.1 Å². The molecule has 0 amide bonds. The number of para-hydroxylation sites is 1. The first-order chi connectivity index (χ1) is 17.1. The number of ether oxygens (including phenoxy) is 1. The fourth-order valence-electron chi connectivity index (χ4n) is 3.77. The van der Waals surface area contributed by atoms with Crippen LogP contribution in [0.1, 0.15) is 21.7 Å². The lowest BCUT2D eigenvalue weighted by molar-refractivity contribution is -0.384. The minimum absolute atomic E-state index is 0.0514. The van der Waals surface area contributed by atoms with E-state index in [-0.39, 0.29) is 5.69 Å². The number of hydrogen-bond donors (Lipinski definition) is 0. The number of esters is 1. The molecular formula is C28H19N3O4. The Bertz CT molecular complexity index is 1540. The summed E-state index contributed by atoms with van der Waals surface area (Å²) in [6.45, 7) is 0. The van der Waals surface area contributed by atoms with E-state index in [0.717, 1.165) is 5.69 Å². The van der Waals surface area contributed by atoms with Crippen molar-refractivity contribution in [2.75, 3.05) is 0 Å². The maximum absolute atomic E-state index is 12.9. The number of imidazole rings is 1. The third-order valence-corrected chi connectivity index (χ3v) is 5.42. The van der Waals surface area contributed by atoms with Gasteiger partial charge < -0.3 is 4.74 Å². The molecule has 4 aromatic carbocycles. The van der Waals surface area contributed by atoms with E-state index in [4.69, 9.17) is 4.74 Å². The number of rotatable bonds is 6. The van der Waals surface area contributed by atoms with E-state index in [1.54, 1.807) is 36.4 Å². The number of nitro groups is 1. The molecule has 7 nitrogen and oxygen atoms in total. The molecule has 35 heavy (non-hydrogen) atoms. The van der Waals surface area contributed by atoms with Crippen LogP contribution in [0.3, 0.4) is 0 Å². The average Bonchev–Trinajstić information content (AvgIpc) is 3.26. The van der Waals surface area contributed by atoms with Gasteiger partial charge in [-0.1, -0.05) is 66.7 Å². The van der Waals surface area contributed by atoms with Crippen molar-refractivity contribution in [3.63, 3.8) is 0 Å². The Morgan fingerprint density at radius 2 is 1.43 bits per heavy atom. The van der Waals surface area contributed by atoms with E-state index in [1.807, 2.05) is 71.3 Å². The van der Waals surface area contributed by atoms with Crippen LogP contribution in [0.2, 0.25) is 0 Å². The molecule has 1 heterocycles. The third kappa shape index (κ3) is 4.56. The van der Waals surface area contributed by atoms with Crippen molar-refractivity contribution in [1.29, 1.82) is 0 Å². The second kappa shape index (κ2) is 9.44. The molecular weight excluding hydrogens is 442 g/mol. The second-order valence-electron chi connectivity index (χ2n) is 7.70. The molecule has 0 radical (unpaired) electrons. The summed E-state index contributed by atoms with van der Waals surface area (Å²) in [5.41, 5.74) is 3.02. The maximum atomic E-state index is 12.9. The number of carbonyl (C=O) groups is 1.